The Balaban J connectivity index is 3.19. The molecule has 0 aliphatic carbocycles. The number of halogens is 1. The lowest BCUT2D eigenvalue weighted by Gasteiger charge is -2.31. The van der Waals surface area contributed by atoms with Crippen molar-refractivity contribution in [2.45, 2.75) is 39.3 Å². The van der Waals surface area contributed by atoms with Crippen LogP contribution >= 0.6 is 0 Å². The van der Waals surface area contributed by atoms with E-state index in [2.05, 4.69) is 6.07 Å². The topological polar surface area (TPSA) is 53.0 Å². The van der Waals surface area contributed by atoms with Crippen molar-refractivity contribution in [1.82, 2.24) is 0 Å². The van der Waals surface area contributed by atoms with E-state index in [0.29, 0.717) is 18.5 Å². The summed E-state index contributed by atoms with van der Waals surface area (Å²) in [6.45, 7) is 6.39. The maximum atomic E-state index is 13.9. The first kappa shape index (κ1) is 14.5. The molecule has 0 amide bonds. The van der Waals surface area contributed by atoms with Gasteiger partial charge in [-0.05, 0) is 32.9 Å². The lowest BCUT2D eigenvalue weighted by atomic mass is 10.0. The summed E-state index contributed by atoms with van der Waals surface area (Å²) in [5.41, 5.74) is 7.16. The predicted octanol–water partition coefficient (Wildman–Crippen LogP) is 2.97. The molecule has 4 heteroatoms. The van der Waals surface area contributed by atoms with Crippen LogP contribution in [0.2, 0.25) is 0 Å². The molecule has 1 aromatic rings. The van der Waals surface area contributed by atoms with Crippen molar-refractivity contribution in [3.05, 3.63) is 29.6 Å². The molecule has 3 nitrogen and oxygen atoms in total. The summed E-state index contributed by atoms with van der Waals surface area (Å²) in [6, 6.07) is 6.90. The standard InChI is InChI=1S/C14H20FN3/c1-10(2)18(9-5-8-16)13-7-4-6-12(15)14(13)11(3)17/h4,6-7,10-11H,5,9,17H2,1-3H3/t11-/m1/s1. The van der Waals surface area contributed by atoms with Crippen LogP contribution in [-0.4, -0.2) is 12.6 Å². The Morgan fingerprint density at radius 2 is 2.06 bits per heavy atom. The van der Waals surface area contributed by atoms with E-state index in [1.165, 1.54) is 6.07 Å². The lowest BCUT2D eigenvalue weighted by Crippen LogP contribution is -2.33. The van der Waals surface area contributed by atoms with Gasteiger partial charge >= 0.3 is 0 Å². The summed E-state index contributed by atoms with van der Waals surface area (Å²) in [7, 11) is 0. The Morgan fingerprint density at radius 1 is 1.39 bits per heavy atom. The fourth-order valence-corrected chi connectivity index (χ4v) is 2.05. The molecule has 0 bridgehead atoms. The monoisotopic (exact) mass is 249 g/mol. The summed E-state index contributed by atoms with van der Waals surface area (Å²) >= 11 is 0. The van der Waals surface area contributed by atoms with Gasteiger partial charge in [0, 0.05) is 29.9 Å². The van der Waals surface area contributed by atoms with Crippen molar-refractivity contribution < 1.29 is 4.39 Å². The highest BCUT2D eigenvalue weighted by molar-refractivity contribution is 5.56. The maximum absolute atomic E-state index is 13.9. The third-order valence-corrected chi connectivity index (χ3v) is 2.88. The van der Waals surface area contributed by atoms with Gasteiger partial charge < -0.3 is 10.6 Å². The predicted molar refractivity (Wildman–Crippen MR) is 71.7 cm³/mol. The van der Waals surface area contributed by atoms with Gasteiger partial charge in [-0.25, -0.2) is 4.39 Å². The first-order valence-corrected chi connectivity index (χ1v) is 6.16. The van der Waals surface area contributed by atoms with E-state index in [0.717, 1.165) is 5.69 Å². The minimum absolute atomic E-state index is 0.192. The molecule has 2 N–H and O–H groups in total. The number of anilines is 1. The Bertz CT molecular complexity index is 435. The zero-order valence-electron chi connectivity index (χ0n) is 11.2. The summed E-state index contributed by atoms with van der Waals surface area (Å²) in [5, 5.41) is 8.70. The Hall–Kier alpha value is -1.60. The molecule has 0 saturated heterocycles. The van der Waals surface area contributed by atoms with Crippen molar-refractivity contribution in [3.8, 4) is 6.07 Å². The summed E-state index contributed by atoms with van der Waals surface area (Å²) in [6.07, 6.45) is 0.410. The molecule has 0 saturated carbocycles. The van der Waals surface area contributed by atoms with Crippen LogP contribution < -0.4 is 10.6 Å². The number of nitrogens with zero attached hydrogens (tertiary/aromatic N) is 2. The van der Waals surface area contributed by atoms with E-state index < -0.39 is 0 Å². The second-order valence-electron chi connectivity index (χ2n) is 4.66. The molecular formula is C14H20FN3. The van der Waals surface area contributed by atoms with Gasteiger partial charge in [-0.2, -0.15) is 5.26 Å². The maximum Gasteiger partial charge on any atom is 0.130 e. The lowest BCUT2D eigenvalue weighted by molar-refractivity contribution is 0.587. The molecular weight excluding hydrogens is 229 g/mol. The van der Waals surface area contributed by atoms with Gasteiger partial charge in [-0.15, -0.1) is 0 Å². The largest absolute Gasteiger partial charge is 0.368 e. The second kappa shape index (κ2) is 6.36. The molecule has 0 spiro atoms. The molecule has 0 fully saturated rings. The van der Waals surface area contributed by atoms with Crippen molar-refractivity contribution in [2.24, 2.45) is 5.73 Å². The van der Waals surface area contributed by atoms with Crippen molar-refractivity contribution in [1.29, 1.82) is 5.26 Å². The number of hydrogen-bond acceptors (Lipinski definition) is 3. The molecule has 0 aliphatic rings. The van der Waals surface area contributed by atoms with Crippen molar-refractivity contribution >= 4 is 5.69 Å². The molecule has 0 radical (unpaired) electrons. The Morgan fingerprint density at radius 3 is 2.56 bits per heavy atom. The van der Waals surface area contributed by atoms with Gasteiger partial charge in [0.2, 0.25) is 0 Å². The highest BCUT2D eigenvalue weighted by Crippen LogP contribution is 2.29. The number of benzene rings is 1. The third-order valence-electron chi connectivity index (χ3n) is 2.88. The van der Waals surface area contributed by atoms with E-state index >= 15 is 0 Å². The number of rotatable bonds is 5. The molecule has 0 heterocycles. The van der Waals surface area contributed by atoms with Crippen LogP contribution in [-0.2, 0) is 0 Å². The second-order valence-corrected chi connectivity index (χ2v) is 4.66. The molecule has 18 heavy (non-hydrogen) atoms. The first-order valence-electron chi connectivity index (χ1n) is 6.16. The summed E-state index contributed by atoms with van der Waals surface area (Å²) in [4.78, 5) is 2.02. The highest BCUT2D eigenvalue weighted by atomic mass is 19.1. The Kier molecular flexibility index (Phi) is 5.11. The molecule has 98 valence electrons. The average molecular weight is 249 g/mol. The quantitative estimate of drug-likeness (QED) is 0.872. The minimum atomic E-state index is -0.371. The Labute approximate surface area is 108 Å². The van der Waals surface area contributed by atoms with Gasteiger partial charge in [0.15, 0.2) is 0 Å². The normalized spacial score (nSPS) is 12.3. The van der Waals surface area contributed by atoms with E-state index in [1.54, 1.807) is 13.0 Å². The fraction of sp³-hybridized carbons (Fsp3) is 0.500. The van der Waals surface area contributed by atoms with Crippen molar-refractivity contribution in [3.63, 3.8) is 0 Å². The summed E-state index contributed by atoms with van der Waals surface area (Å²) in [5.74, 6) is -0.287. The first-order chi connectivity index (χ1) is 8.49. The van der Waals surface area contributed by atoms with Gasteiger partial charge in [-0.3, -0.25) is 0 Å². The van der Waals surface area contributed by atoms with E-state index in [4.69, 9.17) is 11.0 Å². The van der Waals surface area contributed by atoms with Crippen LogP contribution in [0.15, 0.2) is 18.2 Å². The van der Waals surface area contributed by atoms with Crippen LogP contribution in [0, 0.1) is 17.1 Å². The van der Waals surface area contributed by atoms with Crippen LogP contribution in [0.5, 0.6) is 0 Å². The number of nitrogens with two attached hydrogens (primary N) is 1. The number of hydrogen-bond donors (Lipinski definition) is 1. The zero-order chi connectivity index (χ0) is 13.7. The highest BCUT2D eigenvalue weighted by Gasteiger charge is 2.19. The fourth-order valence-electron chi connectivity index (χ4n) is 2.05. The van der Waals surface area contributed by atoms with Crippen LogP contribution in [0.1, 0.15) is 38.8 Å². The average Bonchev–Trinajstić information content (AvgIpc) is 2.28. The van der Waals surface area contributed by atoms with Gasteiger partial charge in [0.25, 0.3) is 0 Å². The molecule has 1 rings (SSSR count). The zero-order valence-corrected chi connectivity index (χ0v) is 11.2. The van der Waals surface area contributed by atoms with Gasteiger partial charge in [-0.1, -0.05) is 6.07 Å². The van der Waals surface area contributed by atoms with E-state index in [-0.39, 0.29) is 17.9 Å². The van der Waals surface area contributed by atoms with E-state index in [9.17, 15) is 4.39 Å². The summed E-state index contributed by atoms with van der Waals surface area (Å²) < 4.78 is 13.9. The SMILES string of the molecule is CC(C)N(CCC#N)c1cccc(F)c1[C@@H](C)N. The van der Waals surface area contributed by atoms with Gasteiger partial charge in [0.1, 0.15) is 5.82 Å². The number of nitriles is 1. The van der Waals surface area contributed by atoms with E-state index in [1.807, 2.05) is 24.8 Å². The third kappa shape index (κ3) is 3.21. The van der Waals surface area contributed by atoms with Crippen LogP contribution in [0.25, 0.3) is 0 Å². The molecule has 1 atom stereocenters. The van der Waals surface area contributed by atoms with Gasteiger partial charge in [0.05, 0.1) is 12.5 Å². The van der Waals surface area contributed by atoms with Crippen LogP contribution in [0.4, 0.5) is 10.1 Å². The van der Waals surface area contributed by atoms with Crippen LogP contribution in [0.3, 0.4) is 0 Å². The molecule has 0 aromatic heterocycles. The molecule has 1 aromatic carbocycles. The molecule has 0 aliphatic heterocycles. The smallest absolute Gasteiger partial charge is 0.130 e. The molecule has 0 unspecified atom stereocenters. The minimum Gasteiger partial charge on any atom is -0.368 e. The van der Waals surface area contributed by atoms with Crippen molar-refractivity contribution in [2.75, 3.05) is 11.4 Å².